The highest BCUT2D eigenvalue weighted by atomic mass is 16.5. The van der Waals surface area contributed by atoms with Crippen molar-refractivity contribution in [3.05, 3.63) is 0 Å². The van der Waals surface area contributed by atoms with E-state index in [9.17, 15) is 0 Å². The van der Waals surface area contributed by atoms with E-state index in [1.807, 2.05) is 0 Å². The van der Waals surface area contributed by atoms with Crippen LogP contribution in [0.4, 0.5) is 0 Å². The Morgan fingerprint density at radius 2 is 1.42 bits per heavy atom. The van der Waals surface area contributed by atoms with Crippen LogP contribution in [0, 0.1) is 29.6 Å². The molecule has 1 aliphatic heterocycles. The molecule has 6 rings (SSSR count). The van der Waals surface area contributed by atoms with E-state index in [4.69, 9.17) is 4.74 Å². The average Bonchev–Trinajstić information content (AvgIpc) is 3.13. The normalized spacial score (nSPS) is 55.9. The lowest BCUT2D eigenvalue weighted by atomic mass is 9.54. The van der Waals surface area contributed by atoms with Crippen molar-refractivity contribution in [2.45, 2.75) is 69.6 Å². The summed E-state index contributed by atoms with van der Waals surface area (Å²) in [6, 6.07) is 1.54. The third-order valence-corrected chi connectivity index (χ3v) is 6.86. The van der Waals surface area contributed by atoms with Gasteiger partial charge in [0.25, 0.3) is 0 Å². The topological polar surface area (TPSA) is 21.3 Å². The molecule has 1 N–H and O–H groups in total. The molecule has 0 aromatic carbocycles. The predicted octanol–water partition coefficient (Wildman–Crippen LogP) is 2.97. The van der Waals surface area contributed by atoms with Crippen molar-refractivity contribution < 1.29 is 4.74 Å². The van der Waals surface area contributed by atoms with Gasteiger partial charge in [-0.1, -0.05) is 0 Å². The van der Waals surface area contributed by atoms with Gasteiger partial charge in [-0.25, -0.2) is 0 Å². The van der Waals surface area contributed by atoms with Gasteiger partial charge in [0.05, 0.1) is 6.10 Å². The van der Waals surface area contributed by atoms with Gasteiger partial charge in [-0.05, 0) is 81.0 Å². The number of ether oxygens (including phenoxy) is 1. The number of hydrogen-bond donors (Lipinski definition) is 1. The van der Waals surface area contributed by atoms with Crippen LogP contribution in [0.1, 0.15) is 51.4 Å². The van der Waals surface area contributed by atoms with Crippen LogP contribution >= 0.6 is 0 Å². The SMILES string of the molecule is C1CC(NC2C3CC4CC(C3)CC2C4)C(C2CC2)O1. The summed E-state index contributed by atoms with van der Waals surface area (Å²) >= 11 is 0. The Labute approximate surface area is 116 Å². The first kappa shape index (κ1) is 11.6. The monoisotopic (exact) mass is 261 g/mol. The van der Waals surface area contributed by atoms with E-state index >= 15 is 0 Å². The number of hydrogen-bond acceptors (Lipinski definition) is 2. The van der Waals surface area contributed by atoms with Crippen LogP contribution in [-0.2, 0) is 4.74 Å². The maximum Gasteiger partial charge on any atom is 0.0757 e. The van der Waals surface area contributed by atoms with Crippen LogP contribution in [-0.4, -0.2) is 24.8 Å². The van der Waals surface area contributed by atoms with Gasteiger partial charge in [-0.3, -0.25) is 0 Å². The van der Waals surface area contributed by atoms with Crippen molar-refractivity contribution in [1.29, 1.82) is 0 Å². The van der Waals surface area contributed by atoms with E-state index in [1.54, 1.807) is 6.42 Å². The van der Waals surface area contributed by atoms with Crippen molar-refractivity contribution in [3.63, 3.8) is 0 Å². The largest absolute Gasteiger partial charge is 0.376 e. The molecule has 0 amide bonds. The first-order valence-electron chi connectivity index (χ1n) is 8.74. The van der Waals surface area contributed by atoms with Gasteiger partial charge in [0, 0.05) is 18.7 Å². The van der Waals surface area contributed by atoms with Crippen molar-refractivity contribution in [1.82, 2.24) is 5.32 Å². The summed E-state index contributed by atoms with van der Waals surface area (Å²) in [4.78, 5) is 0. The Balaban J connectivity index is 1.31. The zero-order valence-corrected chi connectivity index (χ0v) is 11.9. The van der Waals surface area contributed by atoms with Crippen molar-refractivity contribution in [3.8, 4) is 0 Å². The van der Waals surface area contributed by atoms with Gasteiger partial charge in [-0.15, -0.1) is 0 Å². The number of rotatable bonds is 3. The number of nitrogens with one attached hydrogen (secondary N) is 1. The summed E-state index contributed by atoms with van der Waals surface area (Å²) in [5.74, 6) is 5.12. The first-order chi connectivity index (χ1) is 9.37. The highest BCUT2D eigenvalue weighted by Gasteiger charge is 2.50. The Morgan fingerprint density at radius 3 is 2.05 bits per heavy atom. The van der Waals surface area contributed by atoms with E-state index in [0.717, 1.165) is 42.2 Å². The minimum atomic E-state index is 0.567. The molecule has 0 aromatic heterocycles. The molecule has 5 aliphatic carbocycles. The fraction of sp³-hybridized carbons (Fsp3) is 1.00. The Bertz CT molecular complexity index is 336. The van der Waals surface area contributed by atoms with E-state index in [1.165, 1.54) is 44.9 Å². The molecule has 2 heteroatoms. The molecule has 6 fully saturated rings. The minimum absolute atomic E-state index is 0.567. The van der Waals surface area contributed by atoms with E-state index in [2.05, 4.69) is 5.32 Å². The fourth-order valence-electron chi connectivity index (χ4n) is 6.12. The second-order valence-electron chi connectivity index (χ2n) is 8.19. The molecular weight excluding hydrogens is 234 g/mol. The van der Waals surface area contributed by atoms with Crippen LogP contribution in [0.15, 0.2) is 0 Å². The first-order valence-corrected chi connectivity index (χ1v) is 8.74. The quantitative estimate of drug-likeness (QED) is 0.843. The van der Waals surface area contributed by atoms with Crippen molar-refractivity contribution >= 4 is 0 Å². The lowest BCUT2D eigenvalue weighted by molar-refractivity contribution is -0.0229. The molecule has 6 aliphatic rings. The maximum absolute atomic E-state index is 6.02. The van der Waals surface area contributed by atoms with Gasteiger partial charge < -0.3 is 10.1 Å². The van der Waals surface area contributed by atoms with Gasteiger partial charge in [-0.2, -0.15) is 0 Å². The standard InChI is InChI=1S/C17H27NO/c1-2-12(1)17-15(3-4-19-17)18-16-13-6-10-5-11(8-13)9-14(16)7-10/h10-18H,1-9H2. The molecule has 2 atom stereocenters. The van der Waals surface area contributed by atoms with Gasteiger partial charge in [0.2, 0.25) is 0 Å². The van der Waals surface area contributed by atoms with Crippen molar-refractivity contribution in [2.75, 3.05) is 6.61 Å². The smallest absolute Gasteiger partial charge is 0.0757 e. The van der Waals surface area contributed by atoms with Crippen LogP contribution in [0.5, 0.6) is 0 Å². The second-order valence-corrected chi connectivity index (χ2v) is 8.19. The molecule has 5 saturated carbocycles. The molecule has 1 saturated heterocycles. The molecule has 4 bridgehead atoms. The summed E-state index contributed by atoms with van der Waals surface area (Å²) in [7, 11) is 0. The minimum Gasteiger partial charge on any atom is -0.376 e. The second kappa shape index (κ2) is 4.21. The fourth-order valence-corrected chi connectivity index (χ4v) is 6.12. The molecule has 0 radical (unpaired) electrons. The lowest BCUT2D eigenvalue weighted by Gasteiger charge is -2.55. The van der Waals surface area contributed by atoms with E-state index in [-0.39, 0.29) is 0 Å². The van der Waals surface area contributed by atoms with Crippen LogP contribution in [0.25, 0.3) is 0 Å². The van der Waals surface area contributed by atoms with E-state index in [0.29, 0.717) is 12.1 Å². The summed E-state index contributed by atoms with van der Waals surface area (Å²) in [5.41, 5.74) is 0. The van der Waals surface area contributed by atoms with Gasteiger partial charge >= 0.3 is 0 Å². The van der Waals surface area contributed by atoms with Crippen LogP contribution in [0.3, 0.4) is 0 Å². The van der Waals surface area contributed by atoms with Crippen LogP contribution < -0.4 is 5.32 Å². The molecule has 2 unspecified atom stereocenters. The summed E-state index contributed by atoms with van der Waals surface area (Å²) in [5, 5.41) is 4.11. The Kier molecular flexibility index (Phi) is 2.56. The summed E-state index contributed by atoms with van der Waals surface area (Å²) in [6.07, 6.45) is 12.4. The molecular formula is C17H27NO. The van der Waals surface area contributed by atoms with Crippen LogP contribution in [0.2, 0.25) is 0 Å². The predicted molar refractivity (Wildman–Crippen MR) is 74.8 cm³/mol. The van der Waals surface area contributed by atoms with E-state index < -0.39 is 0 Å². The maximum atomic E-state index is 6.02. The van der Waals surface area contributed by atoms with Gasteiger partial charge in [0.15, 0.2) is 0 Å². The zero-order chi connectivity index (χ0) is 12.4. The van der Waals surface area contributed by atoms with Gasteiger partial charge in [0.1, 0.15) is 0 Å². The van der Waals surface area contributed by atoms with Crippen molar-refractivity contribution in [2.24, 2.45) is 29.6 Å². The molecule has 1 heterocycles. The molecule has 2 nitrogen and oxygen atoms in total. The third-order valence-electron chi connectivity index (χ3n) is 6.86. The third kappa shape index (κ3) is 1.90. The Hall–Kier alpha value is -0.0800. The highest BCUT2D eigenvalue weighted by molar-refractivity contribution is 5.04. The lowest BCUT2D eigenvalue weighted by Crippen LogP contribution is -2.58. The Morgan fingerprint density at radius 1 is 0.737 bits per heavy atom. The molecule has 19 heavy (non-hydrogen) atoms. The average molecular weight is 261 g/mol. The molecule has 0 aromatic rings. The summed E-state index contributed by atoms with van der Waals surface area (Å²) < 4.78 is 6.02. The highest BCUT2D eigenvalue weighted by Crippen LogP contribution is 2.54. The molecule has 106 valence electrons. The zero-order valence-electron chi connectivity index (χ0n) is 11.9. The molecule has 0 spiro atoms. The summed E-state index contributed by atoms with van der Waals surface area (Å²) in [6.45, 7) is 1.01.